The lowest BCUT2D eigenvalue weighted by Crippen LogP contribution is -2.41. The standard InChI is InChI=1S/C10H13NO5S2/c12-8-2-1-3-11(5-8)18(15,16)9-4-7(6-17-9)10(13)14/h4,6,8,12H,1-3,5H2,(H,13,14)/t8-/m0/s1. The summed E-state index contributed by atoms with van der Waals surface area (Å²) < 4.78 is 25.6. The summed E-state index contributed by atoms with van der Waals surface area (Å²) in [6.45, 7) is 0.433. The highest BCUT2D eigenvalue weighted by Gasteiger charge is 2.30. The van der Waals surface area contributed by atoms with Gasteiger partial charge in [0, 0.05) is 18.5 Å². The van der Waals surface area contributed by atoms with Crippen molar-refractivity contribution in [3.8, 4) is 0 Å². The predicted molar refractivity (Wildman–Crippen MR) is 65.3 cm³/mol. The largest absolute Gasteiger partial charge is 0.478 e. The Morgan fingerprint density at radius 3 is 2.78 bits per heavy atom. The van der Waals surface area contributed by atoms with Crippen LogP contribution in [0.1, 0.15) is 23.2 Å². The van der Waals surface area contributed by atoms with Gasteiger partial charge in [0.1, 0.15) is 4.21 Å². The molecule has 1 aromatic heterocycles. The van der Waals surface area contributed by atoms with Crippen molar-refractivity contribution in [2.45, 2.75) is 23.2 Å². The van der Waals surface area contributed by atoms with E-state index in [2.05, 4.69) is 0 Å². The summed E-state index contributed by atoms with van der Waals surface area (Å²) in [6.07, 6.45) is 0.557. The highest BCUT2D eigenvalue weighted by molar-refractivity contribution is 7.91. The number of aliphatic hydroxyl groups excluding tert-OH is 1. The first-order chi connectivity index (χ1) is 8.41. The van der Waals surface area contributed by atoms with Gasteiger partial charge in [0.15, 0.2) is 0 Å². The van der Waals surface area contributed by atoms with Crippen LogP contribution in [0.5, 0.6) is 0 Å². The molecule has 0 radical (unpaired) electrons. The molecular weight excluding hydrogens is 278 g/mol. The molecule has 1 fully saturated rings. The van der Waals surface area contributed by atoms with Crippen LogP contribution in [0.4, 0.5) is 0 Å². The molecule has 0 saturated carbocycles. The van der Waals surface area contributed by atoms with E-state index in [4.69, 9.17) is 5.11 Å². The average Bonchev–Trinajstić information content (AvgIpc) is 2.79. The van der Waals surface area contributed by atoms with E-state index in [1.165, 1.54) is 9.69 Å². The molecule has 0 unspecified atom stereocenters. The van der Waals surface area contributed by atoms with Gasteiger partial charge in [-0.25, -0.2) is 13.2 Å². The van der Waals surface area contributed by atoms with E-state index in [0.29, 0.717) is 19.4 Å². The van der Waals surface area contributed by atoms with E-state index >= 15 is 0 Å². The zero-order valence-electron chi connectivity index (χ0n) is 9.44. The maximum absolute atomic E-state index is 12.2. The minimum Gasteiger partial charge on any atom is -0.478 e. The number of nitrogens with zero attached hydrogens (tertiary/aromatic N) is 1. The molecule has 2 heterocycles. The van der Waals surface area contributed by atoms with Crippen LogP contribution in [-0.4, -0.2) is 48.1 Å². The Kier molecular flexibility index (Phi) is 3.71. The molecule has 1 atom stereocenters. The lowest BCUT2D eigenvalue weighted by atomic mass is 10.1. The molecule has 0 aromatic carbocycles. The van der Waals surface area contributed by atoms with E-state index in [1.54, 1.807) is 0 Å². The molecule has 8 heteroatoms. The van der Waals surface area contributed by atoms with E-state index in [-0.39, 0.29) is 16.3 Å². The second kappa shape index (κ2) is 4.96. The van der Waals surface area contributed by atoms with Crippen molar-refractivity contribution in [1.29, 1.82) is 0 Å². The fourth-order valence-corrected chi connectivity index (χ4v) is 4.65. The van der Waals surface area contributed by atoms with E-state index in [0.717, 1.165) is 17.4 Å². The Morgan fingerprint density at radius 2 is 2.22 bits per heavy atom. The number of carbonyl (C=O) groups is 1. The first kappa shape index (κ1) is 13.5. The molecule has 0 amide bonds. The summed E-state index contributed by atoms with van der Waals surface area (Å²) in [6, 6.07) is 1.16. The van der Waals surface area contributed by atoms with Crippen molar-refractivity contribution in [2.75, 3.05) is 13.1 Å². The van der Waals surface area contributed by atoms with Gasteiger partial charge in [0.25, 0.3) is 10.0 Å². The fourth-order valence-electron chi connectivity index (χ4n) is 1.83. The molecule has 100 valence electrons. The number of carboxylic acids is 1. The number of aromatic carboxylic acids is 1. The molecule has 1 aliphatic heterocycles. The Morgan fingerprint density at radius 1 is 1.50 bits per heavy atom. The highest BCUT2D eigenvalue weighted by Crippen LogP contribution is 2.26. The SMILES string of the molecule is O=C(O)c1csc(S(=O)(=O)N2CCC[C@H](O)C2)c1. The molecule has 1 saturated heterocycles. The van der Waals surface area contributed by atoms with E-state index in [9.17, 15) is 18.3 Å². The van der Waals surface area contributed by atoms with Gasteiger partial charge < -0.3 is 10.2 Å². The van der Waals surface area contributed by atoms with Gasteiger partial charge in [0.2, 0.25) is 0 Å². The number of hydrogen-bond donors (Lipinski definition) is 2. The number of piperidine rings is 1. The summed E-state index contributed by atoms with van der Waals surface area (Å²) >= 11 is 0.888. The number of aliphatic hydroxyl groups is 1. The minimum absolute atomic E-state index is 0.00833. The smallest absolute Gasteiger partial charge is 0.336 e. The highest BCUT2D eigenvalue weighted by atomic mass is 32.2. The van der Waals surface area contributed by atoms with Gasteiger partial charge in [-0.1, -0.05) is 0 Å². The van der Waals surface area contributed by atoms with Gasteiger partial charge in [-0.15, -0.1) is 11.3 Å². The molecule has 2 rings (SSSR count). The van der Waals surface area contributed by atoms with Crippen molar-refractivity contribution in [3.05, 3.63) is 17.0 Å². The van der Waals surface area contributed by atoms with Crippen LogP contribution in [0, 0.1) is 0 Å². The summed E-state index contributed by atoms with van der Waals surface area (Å²) in [5.41, 5.74) is -0.0314. The third-order valence-corrected chi connectivity index (χ3v) is 6.06. The molecule has 1 aromatic rings. The van der Waals surface area contributed by atoms with Crippen molar-refractivity contribution in [3.63, 3.8) is 0 Å². The van der Waals surface area contributed by atoms with Crippen LogP contribution in [0.15, 0.2) is 15.7 Å². The second-order valence-corrected chi connectivity index (χ2v) is 7.19. The predicted octanol–water partition coefficient (Wildman–Crippen LogP) is 0.592. The summed E-state index contributed by atoms with van der Waals surface area (Å²) in [4.78, 5) is 10.7. The van der Waals surface area contributed by atoms with Crippen LogP contribution < -0.4 is 0 Å². The summed E-state index contributed by atoms with van der Waals surface area (Å²) in [5, 5.41) is 19.6. The number of sulfonamides is 1. The first-order valence-corrected chi connectivity index (χ1v) is 7.73. The van der Waals surface area contributed by atoms with E-state index in [1.807, 2.05) is 0 Å². The normalized spacial score (nSPS) is 21.9. The van der Waals surface area contributed by atoms with Crippen LogP contribution in [-0.2, 0) is 10.0 Å². The number of carboxylic acid groups (broad SMARTS) is 1. The topological polar surface area (TPSA) is 94.9 Å². The van der Waals surface area contributed by atoms with Gasteiger partial charge in [-0.3, -0.25) is 0 Å². The van der Waals surface area contributed by atoms with Crippen LogP contribution >= 0.6 is 11.3 Å². The molecule has 0 spiro atoms. The first-order valence-electron chi connectivity index (χ1n) is 5.41. The van der Waals surface area contributed by atoms with Crippen LogP contribution in [0.2, 0.25) is 0 Å². The van der Waals surface area contributed by atoms with Crippen LogP contribution in [0.3, 0.4) is 0 Å². The van der Waals surface area contributed by atoms with Crippen molar-refractivity contribution < 1.29 is 23.4 Å². The number of β-amino-alcohol motifs (C(OH)–C–C–N with tert-alkyl or cyclic N) is 1. The molecule has 0 bridgehead atoms. The Labute approximate surface area is 109 Å². The van der Waals surface area contributed by atoms with Gasteiger partial charge in [-0.2, -0.15) is 4.31 Å². The van der Waals surface area contributed by atoms with E-state index < -0.39 is 22.1 Å². The summed E-state index contributed by atoms with van der Waals surface area (Å²) in [5.74, 6) is -1.15. The van der Waals surface area contributed by atoms with Gasteiger partial charge in [0.05, 0.1) is 11.7 Å². The maximum atomic E-state index is 12.2. The fraction of sp³-hybridized carbons (Fsp3) is 0.500. The van der Waals surface area contributed by atoms with Crippen LogP contribution in [0.25, 0.3) is 0 Å². The maximum Gasteiger partial charge on any atom is 0.336 e. The average molecular weight is 291 g/mol. The molecular formula is C10H13NO5S2. The number of thiophene rings is 1. The third-order valence-electron chi connectivity index (χ3n) is 2.78. The lowest BCUT2D eigenvalue weighted by molar-refractivity contribution is 0.0697. The summed E-state index contributed by atoms with van der Waals surface area (Å²) in [7, 11) is -3.68. The van der Waals surface area contributed by atoms with Crippen molar-refractivity contribution in [2.24, 2.45) is 0 Å². The minimum atomic E-state index is -3.68. The Bertz CT molecular complexity index is 550. The van der Waals surface area contributed by atoms with Crippen molar-refractivity contribution in [1.82, 2.24) is 4.31 Å². The van der Waals surface area contributed by atoms with Gasteiger partial charge in [-0.05, 0) is 18.9 Å². The quantitative estimate of drug-likeness (QED) is 0.850. The molecule has 0 aliphatic carbocycles. The molecule has 1 aliphatic rings. The zero-order valence-corrected chi connectivity index (χ0v) is 11.1. The molecule has 2 N–H and O–H groups in total. The number of rotatable bonds is 3. The number of hydrogen-bond acceptors (Lipinski definition) is 5. The molecule has 6 nitrogen and oxygen atoms in total. The monoisotopic (exact) mass is 291 g/mol. The third kappa shape index (κ3) is 2.56. The van der Waals surface area contributed by atoms with Gasteiger partial charge >= 0.3 is 5.97 Å². The second-order valence-electron chi connectivity index (χ2n) is 4.12. The van der Waals surface area contributed by atoms with Crippen molar-refractivity contribution >= 4 is 27.3 Å². The lowest BCUT2D eigenvalue weighted by Gasteiger charge is -2.28. The Hall–Kier alpha value is -0.960. The zero-order chi connectivity index (χ0) is 13.3. The Balaban J connectivity index is 2.26. The molecule has 18 heavy (non-hydrogen) atoms.